The number of nitrogens with zero attached hydrogens (tertiary/aromatic N) is 5. The van der Waals surface area contributed by atoms with Crippen molar-refractivity contribution in [2.24, 2.45) is 0 Å². The summed E-state index contributed by atoms with van der Waals surface area (Å²) in [6.07, 6.45) is 6.83. The molecule has 3 aromatic heterocycles. The van der Waals surface area contributed by atoms with Crippen LogP contribution in [0.1, 0.15) is 59.3 Å². The largest absolute Gasteiger partial charge is 0.444 e. The normalized spacial score (nSPS) is 12.8. The number of amides is 4. The van der Waals surface area contributed by atoms with Gasteiger partial charge in [-0.15, -0.1) is 22.7 Å². The molecule has 0 bridgehead atoms. The van der Waals surface area contributed by atoms with E-state index in [2.05, 4.69) is 44.9 Å². The zero-order valence-electron chi connectivity index (χ0n) is 29.7. The van der Waals surface area contributed by atoms with Crippen molar-refractivity contribution in [3.63, 3.8) is 0 Å². The molecule has 0 aliphatic heterocycles. The number of rotatable bonds is 18. The summed E-state index contributed by atoms with van der Waals surface area (Å²) >= 11 is 3.00. The molecule has 0 aliphatic carbocycles. The molecule has 0 saturated carbocycles. The van der Waals surface area contributed by atoms with E-state index in [1.165, 1.54) is 16.2 Å². The first-order chi connectivity index (χ1) is 25.2. The van der Waals surface area contributed by atoms with E-state index in [4.69, 9.17) is 4.74 Å². The Bertz CT molecular complexity index is 1800. The lowest BCUT2D eigenvalue weighted by Gasteiger charge is -2.27. The summed E-state index contributed by atoms with van der Waals surface area (Å²) in [6.45, 7) is 4.77. The van der Waals surface area contributed by atoms with E-state index in [9.17, 15) is 14.4 Å². The Morgan fingerprint density at radius 3 is 2.13 bits per heavy atom. The van der Waals surface area contributed by atoms with E-state index in [-0.39, 0.29) is 31.1 Å². The van der Waals surface area contributed by atoms with Gasteiger partial charge in [0, 0.05) is 49.0 Å². The molecule has 0 fully saturated rings. The molecule has 274 valence electrons. The molecule has 14 heteroatoms. The third kappa shape index (κ3) is 12.3. The Balaban J connectivity index is 1.28. The Labute approximate surface area is 312 Å². The van der Waals surface area contributed by atoms with E-state index < -0.39 is 18.2 Å². The molecule has 0 aliphatic rings. The maximum absolute atomic E-state index is 14.1. The molecular formula is C38H46N8O4S2. The van der Waals surface area contributed by atoms with Gasteiger partial charge in [0.2, 0.25) is 5.91 Å². The highest BCUT2D eigenvalue weighted by Gasteiger charge is 2.27. The summed E-state index contributed by atoms with van der Waals surface area (Å²) in [5.41, 5.74) is 4.63. The summed E-state index contributed by atoms with van der Waals surface area (Å²) in [5, 5.41) is 16.5. The van der Waals surface area contributed by atoms with Gasteiger partial charge in [-0.2, -0.15) is 5.10 Å². The molecule has 5 rings (SSSR count). The van der Waals surface area contributed by atoms with Crippen molar-refractivity contribution in [2.45, 2.75) is 83.3 Å². The highest BCUT2D eigenvalue weighted by atomic mass is 32.1. The number of carbonyl (C=O) groups is 3. The lowest BCUT2D eigenvalue weighted by Crippen LogP contribution is -2.54. The topological polar surface area (TPSA) is 143 Å². The fourth-order valence-electron chi connectivity index (χ4n) is 5.63. The van der Waals surface area contributed by atoms with Crippen LogP contribution in [0.2, 0.25) is 0 Å². The lowest BCUT2D eigenvalue weighted by atomic mass is 9.96. The van der Waals surface area contributed by atoms with Gasteiger partial charge in [-0.05, 0) is 42.9 Å². The molecule has 0 radical (unpaired) electrons. The molecule has 0 unspecified atom stereocenters. The van der Waals surface area contributed by atoms with Crippen molar-refractivity contribution in [1.29, 1.82) is 0 Å². The summed E-state index contributed by atoms with van der Waals surface area (Å²) in [6, 6.07) is 19.8. The van der Waals surface area contributed by atoms with Gasteiger partial charge in [0.15, 0.2) is 0 Å². The van der Waals surface area contributed by atoms with Gasteiger partial charge in [0.1, 0.15) is 12.6 Å². The van der Waals surface area contributed by atoms with Gasteiger partial charge in [-0.3, -0.25) is 14.5 Å². The SMILES string of the molecule is CC(C)c1nc(CN(C)C(=O)N[C@@H](Cn2cccn2)C(=O)N[C@H](CC[C@H](Cc2ccccc2)NC(=O)OCc2cncs2)Cc2ccccc2)cs1. The Morgan fingerprint density at radius 2 is 1.56 bits per heavy atom. The smallest absolute Gasteiger partial charge is 0.407 e. The van der Waals surface area contributed by atoms with Crippen molar-refractivity contribution >= 4 is 40.7 Å². The van der Waals surface area contributed by atoms with Crippen LogP contribution in [0.5, 0.6) is 0 Å². The number of carbonyl (C=O) groups excluding carboxylic acids is 3. The second-order valence-corrected chi connectivity index (χ2v) is 14.8. The molecule has 3 atom stereocenters. The number of hydrogen-bond donors (Lipinski definition) is 3. The summed E-state index contributed by atoms with van der Waals surface area (Å²) < 4.78 is 7.13. The Morgan fingerprint density at radius 1 is 0.885 bits per heavy atom. The van der Waals surface area contributed by atoms with Crippen LogP contribution in [0.3, 0.4) is 0 Å². The molecule has 3 N–H and O–H groups in total. The fourth-order valence-corrected chi connectivity index (χ4v) is 6.97. The monoisotopic (exact) mass is 742 g/mol. The Hall–Kier alpha value is -5.08. The van der Waals surface area contributed by atoms with Gasteiger partial charge < -0.3 is 25.6 Å². The predicted molar refractivity (Wildman–Crippen MR) is 203 cm³/mol. The van der Waals surface area contributed by atoms with Gasteiger partial charge in [-0.1, -0.05) is 74.5 Å². The second kappa shape index (κ2) is 19.5. The predicted octanol–water partition coefficient (Wildman–Crippen LogP) is 6.18. The molecular weight excluding hydrogens is 697 g/mol. The first-order valence-electron chi connectivity index (χ1n) is 17.3. The van der Waals surface area contributed by atoms with Crippen LogP contribution < -0.4 is 16.0 Å². The van der Waals surface area contributed by atoms with Crippen molar-refractivity contribution in [1.82, 2.24) is 40.6 Å². The van der Waals surface area contributed by atoms with Crippen molar-refractivity contribution in [3.8, 4) is 0 Å². The standard InChI is InChI=1S/C38H46N8O4S2/c1-27(2)36-42-32(25-51-36)22-45(3)37(48)44-34(23-46-18-10-17-40-46)35(47)41-30(19-28-11-6-4-7-12-28)15-16-31(20-29-13-8-5-9-14-29)43-38(49)50-24-33-21-39-26-52-33/h4-14,17-18,21,25-27,30-31,34H,15-16,19-20,22-24H2,1-3H3,(H,41,47)(H,43,49)(H,44,48)/t30-,31-,34+/m1/s1. The molecule has 5 aromatic rings. The van der Waals surface area contributed by atoms with E-state index in [1.54, 1.807) is 53.2 Å². The molecule has 12 nitrogen and oxygen atoms in total. The highest BCUT2D eigenvalue weighted by Crippen LogP contribution is 2.20. The fraction of sp³-hybridized carbons (Fsp3) is 0.368. The van der Waals surface area contributed by atoms with Crippen LogP contribution in [0.15, 0.2) is 96.2 Å². The number of hydrogen-bond acceptors (Lipinski definition) is 9. The van der Waals surface area contributed by atoms with Gasteiger partial charge in [0.25, 0.3) is 0 Å². The third-order valence-corrected chi connectivity index (χ3v) is 10.3. The number of benzene rings is 2. The van der Waals surface area contributed by atoms with E-state index in [1.807, 2.05) is 66.0 Å². The summed E-state index contributed by atoms with van der Waals surface area (Å²) in [5.74, 6) is -0.0262. The minimum Gasteiger partial charge on any atom is -0.444 e. The number of urea groups is 1. The quantitative estimate of drug-likeness (QED) is 0.0974. The van der Waals surface area contributed by atoms with Gasteiger partial charge >= 0.3 is 12.1 Å². The van der Waals surface area contributed by atoms with Crippen LogP contribution >= 0.6 is 22.7 Å². The first-order valence-corrected chi connectivity index (χ1v) is 19.1. The highest BCUT2D eigenvalue weighted by molar-refractivity contribution is 7.09. The molecule has 0 spiro atoms. The molecule has 2 aromatic carbocycles. The van der Waals surface area contributed by atoms with Crippen molar-refractivity contribution in [2.75, 3.05) is 7.05 Å². The van der Waals surface area contributed by atoms with Crippen LogP contribution in [-0.2, 0) is 42.1 Å². The molecule has 52 heavy (non-hydrogen) atoms. The Kier molecular flexibility index (Phi) is 14.3. The number of alkyl carbamates (subject to hydrolysis) is 1. The maximum Gasteiger partial charge on any atom is 0.407 e. The zero-order valence-corrected chi connectivity index (χ0v) is 31.3. The minimum atomic E-state index is -0.908. The summed E-state index contributed by atoms with van der Waals surface area (Å²) in [7, 11) is 1.69. The summed E-state index contributed by atoms with van der Waals surface area (Å²) in [4.78, 5) is 51.5. The van der Waals surface area contributed by atoms with E-state index in [0.29, 0.717) is 38.1 Å². The number of aromatic nitrogens is 4. The molecule has 0 saturated heterocycles. The number of ether oxygens (including phenoxy) is 1. The van der Waals surface area contributed by atoms with Crippen molar-refractivity contribution in [3.05, 3.63) is 123 Å². The van der Waals surface area contributed by atoms with Gasteiger partial charge in [-0.25, -0.2) is 14.6 Å². The number of thiazole rings is 2. The molecule has 3 heterocycles. The minimum absolute atomic E-state index is 0.141. The van der Waals surface area contributed by atoms with Crippen LogP contribution in [-0.4, -0.2) is 67.9 Å². The number of nitrogens with one attached hydrogen (secondary N) is 3. The van der Waals surface area contributed by atoms with E-state index in [0.717, 1.165) is 26.7 Å². The third-order valence-electron chi connectivity index (χ3n) is 8.36. The average Bonchev–Trinajstić information content (AvgIpc) is 3.95. The van der Waals surface area contributed by atoms with Gasteiger partial charge in [0.05, 0.1) is 34.2 Å². The van der Waals surface area contributed by atoms with Crippen LogP contribution in [0.4, 0.5) is 9.59 Å². The zero-order chi connectivity index (χ0) is 36.7. The van der Waals surface area contributed by atoms with Crippen LogP contribution in [0, 0.1) is 0 Å². The second-order valence-electron chi connectivity index (χ2n) is 13.0. The van der Waals surface area contributed by atoms with Crippen molar-refractivity contribution < 1.29 is 19.1 Å². The van der Waals surface area contributed by atoms with Crippen LogP contribution in [0.25, 0.3) is 0 Å². The van der Waals surface area contributed by atoms with E-state index >= 15 is 0 Å². The molecule has 4 amide bonds. The first kappa shape index (κ1) is 38.2. The average molecular weight is 743 g/mol. The lowest BCUT2D eigenvalue weighted by molar-refractivity contribution is -0.124. The maximum atomic E-state index is 14.1.